The van der Waals surface area contributed by atoms with Gasteiger partial charge in [-0.3, -0.25) is 14.2 Å². The lowest BCUT2D eigenvalue weighted by Crippen LogP contribution is -2.28. The fraction of sp³-hybridized carbons (Fsp3) is 0.276. The normalized spacial score (nSPS) is 11.6. The van der Waals surface area contributed by atoms with E-state index in [0.29, 0.717) is 45.4 Å². The number of thioether (sulfide) groups is 1. The van der Waals surface area contributed by atoms with E-state index in [4.69, 9.17) is 23.9 Å². The van der Waals surface area contributed by atoms with E-state index in [2.05, 4.69) is 5.32 Å². The molecule has 1 atom stereocenters. The Morgan fingerprint density at radius 2 is 1.62 bits per heavy atom. The lowest BCUT2D eigenvalue weighted by molar-refractivity contribution is -0.115. The molecule has 4 aromatic rings. The van der Waals surface area contributed by atoms with Crippen molar-refractivity contribution in [2.75, 3.05) is 33.8 Å². The fourth-order valence-corrected chi connectivity index (χ4v) is 5.06. The minimum atomic E-state index is -0.511. The molecule has 1 heterocycles. The van der Waals surface area contributed by atoms with Crippen LogP contribution in [0.5, 0.6) is 23.0 Å². The van der Waals surface area contributed by atoms with Crippen molar-refractivity contribution in [1.82, 2.24) is 9.55 Å². The molecule has 0 aliphatic carbocycles. The number of amides is 1. The van der Waals surface area contributed by atoms with Gasteiger partial charge < -0.3 is 24.3 Å². The monoisotopic (exact) mass is 549 g/mol. The maximum atomic E-state index is 13.8. The Morgan fingerprint density at radius 1 is 0.923 bits per heavy atom. The van der Waals surface area contributed by atoms with Crippen LogP contribution < -0.4 is 29.8 Å². The van der Waals surface area contributed by atoms with Crippen molar-refractivity contribution in [2.45, 2.75) is 30.3 Å². The number of ether oxygens (including phenoxy) is 4. The Bertz CT molecular complexity index is 1520. The summed E-state index contributed by atoms with van der Waals surface area (Å²) in [4.78, 5) is 31.9. The van der Waals surface area contributed by atoms with Crippen LogP contribution in [0.15, 0.2) is 70.6 Å². The Labute approximate surface area is 231 Å². The van der Waals surface area contributed by atoms with Gasteiger partial charge in [0.1, 0.15) is 11.5 Å². The number of methoxy groups -OCH3 is 4. The molecule has 1 amide bonds. The molecule has 4 rings (SSSR count). The Morgan fingerprint density at radius 3 is 2.26 bits per heavy atom. The number of aromatic nitrogens is 2. The minimum Gasteiger partial charge on any atom is -0.497 e. The van der Waals surface area contributed by atoms with E-state index in [-0.39, 0.29) is 18.0 Å². The van der Waals surface area contributed by atoms with Crippen molar-refractivity contribution in [3.8, 4) is 23.0 Å². The molecule has 0 saturated carbocycles. The van der Waals surface area contributed by atoms with E-state index in [9.17, 15) is 9.59 Å². The van der Waals surface area contributed by atoms with Gasteiger partial charge in [-0.15, -0.1) is 0 Å². The average molecular weight is 550 g/mol. The van der Waals surface area contributed by atoms with E-state index in [1.807, 2.05) is 43.3 Å². The molecule has 204 valence electrons. The van der Waals surface area contributed by atoms with Gasteiger partial charge in [0.05, 0.1) is 51.1 Å². The van der Waals surface area contributed by atoms with Crippen LogP contribution in [0.4, 0.5) is 5.69 Å². The zero-order chi connectivity index (χ0) is 27.9. The number of nitrogens with zero attached hydrogens (tertiary/aromatic N) is 2. The summed E-state index contributed by atoms with van der Waals surface area (Å²) in [6.07, 6.45) is 0.517. The molecule has 0 aliphatic rings. The number of benzene rings is 3. The summed E-state index contributed by atoms with van der Waals surface area (Å²) in [6, 6.07) is 17.9. The summed E-state index contributed by atoms with van der Waals surface area (Å²) in [5, 5.41) is 3.25. The highest BCUT2D eigenvalue weighted by Gasteiger charge is 2.23. The van der Waals surface area contributed by atoms with Crippen LogP contribution in [0.25, 0.3) is 10.9 Å². The van der Waals surface area contributed by atoms with Crippen LogP contribution >= 0.6 is 11.8 Å². The first kappa shape index (κ1) is 27.8. The van der Waals surface area contributed by atoms with Gasteiger partial charge in [-0.2, -0.15) is 0 Å². The van der Waals surface area contributed by atoms with Crippen molar-refractivity contribution in [3.63, 3.8) is 0 Å². The fourth-order valence-electron chi connectivity index (χ4n) is 4.04. The van der Waals surface area contributed by atoms with Gasteiger partial charge in [-0.25, -0.2) is 4.98 Å². The Balaban J connectivity index is 1.75. The van der Waals surface area contributed by atoms with Crippen LogP contribution in [0, 0.1) is 0 Å². The second-order valence-electron chi connectivity index (χ2n) is 8.59. The third-order valence-electron chi connectivity index (χ3n) is 6.17. The van der Waals surface area contributed by atoms with Crippen molar-refractivity contribution in [1.29, 1.82) is 0 Å². The molecule has 0 bridgehead atoms. The van der Waals surface area contributed by atoms with E-state index in [1.54, 1.807) is 43.1 Å². The molecule has 1 aromatic heterocycles. The van der Waals surface area contributed by atoms with Crippen LogP contribution in [0.1, 0.15) is 18.9 Å². The highest BCUT2D eigenvalue weighted by molar-refractivity contribution is 8.00. The summed E-state index contributed by atoms with van der Waals surface area (Å²) < 4.78 is 23.0. The SMILES string of the molecule is CC[C@H](Sc1nc2cc(OC)c(OC)cc2c(=O)n1Cc1ccc(OC)cc1)C(=O)Nc1cccc(OC)c1. The first-order valence-electron chi connectivity index (χ1n) is 12.3. The molecular formula is C29H31N3O6S. The van der Waals surface area contributed by atoms with Gasteiger partial charge in [0.2, 0.25) is 5.91 Å². The number of fused-ring (bicyclic) bond motifs is 1. The van der Waals surface area contributed by atoms with Gasteiger partial charge >= 0.3 is 0 Å². The quantitative estimate of drug-likeness (QED) is 0.206. The van der Waals surface area contributed by atoms with Gasteiger partial charge in [0.25, 0.3) is 5.56 Å². The molecule has 10 heteroatoms. The summed E-state index contributed by atoms with van der Waals surface area (Å²) in [7, 11) is 6.22. The topological polar surface area (TPSA) is 101 Å². The highest BCUT2D eigenvalue weighted by Crippen LogP contribution is 2.32. The van der Waals surface area contributed by atoms with E-state index < -0.39 is 5.25 Å². The molecule has 0 fully saturated rings. The smallest absolute Gasteiger partial charge is 0.262 e. The standard InChI is InChI=1S/C29H31N3O6S/c1-6-26(27(33)30-19-8-7-9-21(14-19)36-3)39-29-31-23-16-25(38-5)24(37-4)15-22(23)28(34)32(29)17-18-10-12-20(35-2)13-11-18/h7-16,26H,6,17H2,1-5H3,(H,30,33)/t26-/m0/s1. The number of hydrogen-bond acceptors (Lipinski definition) is 8. The second kappa shape index (κ2) is 12.6. The predicted octanol–water partition coefficient (Wildman–Crippen LogP) is 4.99. The number of carbonyl (C=O) groups excluding carboxylic acids is 1. The summed E-state index contributed by atoms with van der Waals surface area (Å²) in [5.41, 5.74) is 1.71. The van der Waals surface area contributed by atoms with Crippen LogP contribution in [-0.2, 0) is 11.3 Å². The van der Waals surface area contributed by atoms with Gasteiger partial charge in [-0.05, 0) is 42.3 Å². The Kier molecular flexibility index (Phi) is 8.98. The average Bonchev–Trinajstić information content (AvgIpc) is 2.97. The molecular weight excluding hydrogens is 518 g/mol. The summed E-state index contributed by atoms with van der Waals surface area (Å²) in [5.74, 6) is 2.05. The summed E-state index contributed by atoms with van der Waals surface area (Å²) >= 11 is 1.24. The number of rotatable bonds is 11. The maximum Gasteiger partial charge on any atom is 0.262 e. The molecule has 39 heavy (non-hydrogen) atoms. The maximum absolute atomic E-state index is 13.8. The van der Waals surface area contributed by atoms with Gasteiger partial charge in [0.15, 0.2) is 16.7 Å². The molecule has 9 nitrogen and oxygen atoms in total. The van der Waals surface area contributed by atoms with Gasteiger partial charge in [-0.1, -0.05) is 36.9 Å². The molecule has 0 radical (unpaired) electrons. The van der Waals surface area contributed by atoms with Crippen molar-refractivity contribution in [2.24, 2.45) is 0 Å². The van der Waals surface area contributed by atoms with Crippen molar-refractivity contribution >= 4 is 34.3 Å². The van der Waals surface area contributed by atoms with E-state index in [0.717, 1.165) is 11.3 Å². The number of carbonyl (C=O) groups is 1. The minimum absolute atomic E-state index is 0.201. The first-order valence-corrected chi connectivity index (χ1v) is 13.2. The predicted molar refractivity (Wildman–Crippen MR) is 153 cm³/mol. The third-order valence-corrected chi connectivity index (χ3v) is 7.53. The lowest BCUT2D eigenvalue weighted by Gasteiger charge is -2.19. The number of nitrogens with one attached hydrogen (secondary N) is 1. The molecule has 0 aliphatic heterocycles. The highest BCUT2D eigenvalue weighted by atomic mass is 32.2. The lowest BCUT2D eigenvalue weighted by atomic mass is 10.2. The first-order chi connectivity index (χ1) is 18.9. The second-order valence-corrected chi connectivity index (χ2v) is 9.76. The third kappa shape index (κ3) is 6.28. The zero-order valence-electron chi connectivity index (χ0n) is 22.5. The largest absolute Gasteiger partial charge is 0.497 e. The summed E-state index contributed by atoms with van der Waals surface area (Å²) in [6.45, 7) is 2.18. The van der Waals surface area contributed by atoms with Crippen LogP contribution in [-0.4, -0.2) is 49.1 Å². The van der Waals surface area contributed by atoms with Crippen molar-refractivity contribution in [3.05, 3.63) is 76.6 Å². The molecule has 1 N–H and O–H groups in total. The molecule has 0 saturated heterocycles. The number of hydrogen-bond donors (Lipinski definition) is 1. The number of anilines is 1. The zero-order valence-corrected chi connectivity index (χ0v) is 23.3. The van der Waals surface area contributed by atoms with E-state index in [1.165, 1.54) is 26.0 Å². The van der Waals surface area contributed by atoms with Crippen LogP contribution in [0.3, 0.4) is 0 Å². The van der Waals surface area contributed by atoms with Crippen LogP contribution in [0.2, 0.25) is 0 Å². The van der Waals surface area contributed by atoms with Crippen molar-refractivity contribution < 1.29 is 23.7 Å². The van der Waals surface area contributed by atoms with E-state index >= 15 is 0 Å². The molecule has 0 unspecified atom stereocenters. The Hall–Kier alpha value is -4.18. The molecule has 0 spiro atoms. The molecule has 3 aromatic carbocycles. The van der Waals surface area contributed by atoms with Gasteiger partial charge in [0, 0.05) is 17.8 Å².